The molecule has 0 amide bonds. The maximum Gasteiger partial charge on any atom is 0.242 e. The number of anilines is 3. The number of rotatable bonds is 5. The molecular formula is C14H17BrN4O. The van der Waals surface area contributed by atoms with Crippen LogP contribution in [0.4, 0.5) is 17.2 Å². The van der Waals surface area contributed by atoms with Crippen molar-refractivity contribution in [1.29, 1.82) is 0 Å². The van der Waals surface area contributed by atoms with Gasteiger partial charge in [0.15, 0.2) is 5.82 Å². The Bertz CT molecular complexity index is 604. The molecule has 0 spiro atoms. The monoisotopic (exact) mass is 336 g/mol. The maximum absolute atomic E-state index is 6.04. The topological polar surface area (TPSA) is 73.1 Å². The van der Waals surface area contributed by atoms with Crippen LogP contribution in [0, 0.1) is 6.92 Å². The molecule has 0 radical (unpaired) electrons. The van der Waals surface area contributed by atoms with Crippen molar-refractivity contribution in [1.82, 2.24) is 9.97 Å². The van der Waals surface area contributed by atoms with Gasteiger partial charge in [0, 0.05) is 10.2 Å². The lowest BCUT2D eigenvalue weighted by Gasteiger charge is -2.13. The zero-order valence-corrected chi connectivity index (χ0v) is 13.1. The van der Waals surface area contributed by atoms with E-state index in [0.29, 0.717) is 24.0 Å². The lowest BCUT2D eigenvalue weighted by atomic mass is 10.2. The van der Waals surface area contributed by atoms with Crippen molar-refractivity contribution in [3.8, 4) is 5.88 Å². The molecule has 3 N–H and O–H groups in total. The molecule has 0 aliphatic heterocycles. The lowest BCUT2D eigenvalue weighted by Crippen LogP contribution is -2.06. The first-order valence-electron chi connectivity index (χ1n) is 6.38. The third-order valence-corrected chi connectivity index (χ3v) is 3.24. The Morgan fingerprint density at radius 3 is 2.90 bits per heavy atom. The summed E-state index contributed by atoms with van der Waals surface area (Å²) < 4.78 is 6.48. The number of aromatic nitrogens is 2. The maximum atomic E-state index is 6.04. The van der Waals surface area contributed by atoms with Crippen LogP contribution in [0.5, 0.6) is 5.88 Å². The third-order valence-electron chi connectivity index (χ3n) is 2.74. The van der Waals surface area contributed by atoms with Gasteiger partial charge in [-0.15, -0.1) is 0 Å². The number of ether oxygens (including phenoxy) is 1. The molecule has 0 bridgehead atoms. The predicted octanol–water partition coefficient (Wildman–Crippen LogP) is 3.66. The zero-order valence-electron chi connectivity index (χ0n) is 11.5. The second-order valence-electron chi connectivity index (χ2n) is 4.37. The highest BCUT2D eigenvalue weighted by atomic mass is 79.9. The van der Waals surface area contributed by atoms with Crippen LogP contribution >= 0.6 is 15.9 Å². The van der Waals surface area contributed by atoms with Crippen LogP contribution in [0.25, 0.3) is 0 Å². The smallest absolute Gasteiger partial charge is 0.242 e. The van der Waals surface area contributed by atoms with Gasteiger partial charge in [0.25, 0.3) is 0 Å². The minimum atomic E-state index is 0.414. The average molecular weight is 337 g/mol. The molecule has 0 fully saturated rings. The summed E-state index contributed by atoms with van der Waals surface area (Å²) in [5.41, 5.74) is 8.49. The van der Waals surface area contributed by atoms with Gasteiger partial charge in [-0.3, -0.25) is 0 Å². The molecule has 20 heavy (non-hydrogen) atoms. The summed E-state index contributed by atoms with van der Waals surface area (Å²) in [5.74, 6) is 0.962. The normalized spacial score (nSPS) is 10.3. The van der Waals surface area contributed by atoms with Crippen molar-refractivity contribution in [3.63, 3.8) is 0 Å². The number of nitrogen functional groups attached to an aromatic ring is 1. The number of aryl methyl sites for hydroxylation is 1. The van der Waals surface area contributed by atoms with Crippen molar-refractivity contribution in [2.24, 2.45) is 0 Å². The van der Waals surface area contributed by atoms with Gasteiger partial charge in [0.1, 0.15) is 12.0 Å². The Hall–Kier alpha value is -1.82. The van der Waals surface area contributed by atoms with Crippen LogP contribution < -0.4 is 15.8 Å². The number of hydrogen-bond acceptors (Lipinski definition) is 5. The van der Waals surface area contributed by atoms with Gasteiger partial charge < -0.3 is 15.8 Å². The minimum absolute atomic E-state index is 0.414. The molecule has 0 aliphatic rings. The number of nitrogens with two attached hydrogens (primary N) is 1. The number of nitrogens with zero attached hydrogens (tertiary/aromatic N) is 2. The van der Waals surface area contributed by atoms with E-state index in [4.69, 9.17) is 10.5 Å². The second kappa shape index (κ2) is 6.56. The van der Waals surface area contributed by atoms with Gasteiger partial charge in [-0.05, 0) is 31.0 Å². The highest BCUT2D eigenvalue weighted by Crippen LogP contribution is 2.29. The molecule has 6 heteroatoms. The molecule has 5 nitrogen and oxygen atoms in total. The Morgan fingerprint density at radius 1 is 1.35 bits per heavy atom. The molecule has 2 rings (SSSR count). The van der Waals surface area contributed by atoms with E-state index >= 15 is 0 Å². The SMILES string of the molecule is CCCOc1ncnc(Nc2cc(Br)ccc2C)c1N. The summed E-state index contributed by atoms with van der Waals surface area (Å²) in [7, 11) is 0. The van der Waals surface area contributed by atoms with Crippen LogP contribution in [-0.2, 0) is 0 Å². The van der Waals surface area contributed by atoms with E-state index in [0.717, 1.165) is 22.1 Å². The summed E-state index contributed by atoms with van der Waals surface area (Å²) in [6, 6.07) is 5.97. The molecule has 1 aromatic carbocycles. The minimum Gasteiger partial charge on any atom is -0.476 e. The molecule has 1 aromatic heterocycles. The highest BCUT2D eigenvalue weighted by molar-refractivity contribution is 9.10. The molecular weight excluding hydrogens is 320 g/mol. The average Bonchev–Trinajstić information content (AvgIpc) is 2.44. The number of nitrogens with one attached hydrogen (secondary N) is 1. The summed E-state index contributed by atoms with van der Waals surface area (Å²) in [4.78, 5) is 8.22. The first-order valence-corrected chi connectivity index (χ1v) is 7.17. The Balaban J connectivity index is 2.27. The van der Waals surface area contributed by atoms with Crippen LogP contribution in [0.2, 0.25) is 0 Å². The van der Waals surface area contributed by atoms with Crippen molar-refractivity contribution in [3.05, 3.63) is 34.6 Å². The Kier molecular flexibility index (Phi) is 4.79. The number of benzene rings is 1. The first kappa shape index (κ1) is 14.6. The van der Waals surface area contributed by atoms with Crippen LogP contribution in [0.15, 0.2) is 29.0 Å². The van der Waals surface area contributed by atoms with Gasteiger partial charge in [-0.1, -0.05) is 28.9 Å². The predicted molar refractivity (Wildman–Crippen MR) is 84.4 cm³/mol. The molecule has 106 valence electrons. The first-order chi connectivity index (χ1) is 9.61. The summed E-state index contributed by atoms with van der Waals surface area (Å²) in [5, 5.41) is 3.21. The standard InChI is InChI=1S/C14H17BrN4O/c1-3-6-20-14-12(16)13(17-8-18-14)19-11-7-10(15)5-4-9(11)2/h4-5,7-8H,3,6,16H2,1-2H3,(H,17,18,19). The van der Waals surface area contributed by atoms with E-state index in [1.54, 1.807) is 0 Å². The zero-order chi connectivity index (χ0) is 14.5. The summed E-state index contributed by atoms with van der Waals surface area (Å²) >= 11 is 3.45. The van der Waals surface area contributed by atoms with E-state index < -0.39 is 0 Å². The van der Waals surface area contributed by atoms with Gasteiger partial charge >= 0.3 is 0 Å². The van der Waals surface area contributed by atoms with Gasteiger partial charge in [0.05, 0.1) is 6.61 Å². The van der Waals surface area contributed by atoms with E-state index in [2.05, 4.69) is 31.2 Å². The fraction of sp³-hybridized carbons (Fsp3) is 0.286. The van der Waals surface area contributed by atoms with Crippen molar-refractivity contribution >= 4 is 33.1 Å². The fourth-order valence-electron chi connectivity index (χ4n) is 1.65. The molecule has 0 unspecified atom stereocenters. The Morgan fingerprint density at radius 2 is 2.15 bits per heavy atom. The van der Waals surface area contributed by atoms with E-state index in [-0.39, 0.29) is 0 Å². The van der Waals surface area contributed by atoms with Crippen molar-refractivity contribution in [2.75, 3.05) is 17.7 Å². The van der Waals surface area contributed by atoms with E-state index in [1.807, 2.05) is 32.0 Å². The lowest BCUT2D eigenvalue weighted by molar-refractivity contribution is 0.307. The largest absolute Gasteiger partial charge is 0.476 e. The highest BCUT2D eigenvalue weighted by Gasteiger charge is 2.10. The van der Waals surface area contributed by atoms with Crippen LogP contribution in [0.3, 0.4) is 0 Å². The van der Waals surface area contributed by atoms with Gasteiger partial charge in [-0.25, -0.2) is 4.98 Å². The molecule has 0 saturated heterocycles. The van der Waals surface area contributed by atoms with E-state index in [1.165, 1.54) is 6.33 Å². The molecule has 0 saturated carbocycles. The third kappa shape index (κ3) is 3.39. The Labute approximate surface area is 126 Å². The molecule has 0 aliphatic carbocycles. The number of halogens is 1. The van der Waals surface area contributed by atoms with E-state index in [9.17, 15) is 0 Å². The summed E-state index contributed by atoms with van der Waals surface area (Å²) in [6.07, 6.45) is 2.34. The molecule has 1 heterocycles. The molecule has 2 aromatic rings. The van der Waals surface area contributed by atoms with Gasteiger partial charge in [-0.2, -0.15) is 4.98 Å². The van der Waals surface area contributed by atoms with Crippen molar-refractivity contribution in [2.45, 2.75) is 20.3 Å². The van der Waals surface area contributed by atoms with Gasteiger partial charge in [0.2, 0.25) is 5.88 Å². The number of hydrogen-bond donors (Lipinski definition) is 2. The quantitative estimate of drug-likeness (QED) is 0.871. The summed E-state index contributed by atoms with van der Waals surface area (Å²) in [6.45, 7) is 4.62. The fourth-order valence-corrected chi connectivity index (χ4v) is 2.01. The second-order valence-corrected chi connectivity index (χ2v) is 5.29. The molecule has 0 atom stereocenters. The van der Waals surface area contributed by atoms with Crippen molar-refractivity contribution < 1.29 is 4.74 Å². The van der Waals surface area contributed by atoms with Crippen LogP contribution in [0.1, 0.15) is 18.9 Å². The van der Waals surface area contributed by atoms with Crippen LogP contribution in [-0.4, -0.2) is 16.6 Å².